The summed E-state index contributed by atoms with van der Waals surface area (Å²) in [7, 11) is -3.52. The summed E-state index contributed by atoms with van der Waals surface area (Å²) in [6.07, 6.45) is 3.50. The number of carbonyl (C=O) groups excluding carboxylic acids is 2. The molecule has 0 spiro atoms. The first-order valence-electron chi connectivity index (χ1n) is 12.6. The number of aryl methyl sites for hydroxylation is 3. The second-order valence-electron chi connectivity index (χ2n) is 9.55. The summed E-state index contributed by atoms with van der Waals surface area (Å²) in [5, 5.41) is 2.92. The minimum Gasteiger partial charge on any atom is -0.354 e. The van der Waals surface area contributed by atoms with Gasteiger partial charge in [0.15, 0.2) is 0 Å². The van der Waals surface area contributed by atoms with E-state index in [1.807, 2.05) is 63.2 Å². The second kappa shape index (κ2) is 13.4. The Morgan fingerprint density at radius 1 is 1.00 bits per heavy atom. The van der Waals surface area contributed by atoms with Gasteiger partial charge in [0.25, 0.3) is 0 Å². The largest absolute Gasteiger partial charge is 0.354 e. The second-order valence-corrected chi connectivity index (χ2v) is 11.5. The summed E-state index contributed by atoms with van der Waals surface area (Å²) in [4.78, 5) is 27.8. The van der Waals surface area contributed by atoms with E-state index in [4.69, 9.17) is 0 Å². The summed E-state index contributed by atoms with van der Waals surface area (Å²) in [5.41, 5.74) is 4.57. The van der Waals surface area contributed by atoms with Crippen molar-refractivity contribution < 1.29 is 18.0 Å². The molecular formula is C28H41N3O4S. The van der Waals surface area contributed by atoms with Crippen LogP contribution in [0.2, 0.25) is 0 Å². The van der Waals surface area contributed by atoms with Crippen LogP contribution in [0, 0.1) is 20.8 Å². The van der Waals surface area contributed by atoms with E-state index >= 15 is 0 Å². The number of nitrogens with one attached hydrogen (secondary N) is 1. The van der Waals surface area contributed by atoms with Crippen molar-refractivity contribution in [3.05, 3.63) is 64.7 Å². The number of nitrogens with zero attached hydrogens (tertiary/aromatic N) is 2. The topological polar surface area (TPSA) is 86.8 Å². The molecule has 1 N–H and O–H groups in total. The van der Waals surface area contributed by atoms with Crippen LogP contribution in [-0.4, -0.2) is 50.5 Å². The highest BCUT2D eigenvalue weighted by Gasteiger charge is 2.27. The zero-order valence-electron chi connectivity index (χ0n) is 22.5. The van der Waals surface area contributed by atoms with Crippen molar-refractivity contribution in [1.29, 1.82) is 0 Å². The summed E-state index contributed by atoms with van der Waals surface area (Å²) in [6, 6.07) is 12.8. The molecule has 0 saturated carbocycles. The van der Waals surface area contributed by atoms with Crippen molar-refractivity contribution in [3.8, 4) is 0 Å². The van der Waals surface area contributed by atoms with E-state index in [0.29, 0.717) is 25.2 Å². The molecule has 0 aromatic heterocycles. The van der Waals surface area contributed by atoms with Crippen molar-refractivity contribution >= 4 is 27.5 Å². The van der Waals surface area contributed by atoms with Crippen LogP contribution >= 0.6 is 0 Å². The molecule has 8 heteroatoms. The summed E-state index contributed by atoms with van der Waals surface area (Å²) in [6.45, 7) is 10.7. The summed E-state index contributed by atoms with van der Waals surface area (Å²) < 4.78 is 26.4. The lowest BCUT2D eigenvalue weighted by Gasteiger charge is -2.30. The van der Waals surface area contributed by atoms with E-state index in [0.717, 1.165) is 35.1 Å². The molecule has 0 fully saturated rings. The van der Waals surface area contributed by atoms with Gasteiger partial charge < -0.3 is 10.2 Å². The molecule has 7 nitrogen and oxygen atoms in total. The molecule has 2 aromatic carbocycles. The molecule has 2 rings (SSSR count). The number of hydrogen-bond acceptors (Lipinski definition) is 4. The molecule has 0 radical (unpaired) electrons. The highest BCUT2D eigenvalue weighted by atomic mass is 32.2. The molecule has 198 valence electrons. The fourth-order valence-electron chi connectivity index (χ4n) is 4.19. The van der Waals surface area contributed by atoms with Crippen molar-refractivity contribution in [2.75, 3.05) is 23.7 Å². The van der Waals surface area contributed by atoms with Gasteiger partial charge in [-0.15, -0.1) is 0 Å². The Bertz CT molecular complexity index is 1130. The smallest absolute Gasteiger partial charge is 0.242 e. The molecule has 1 atom stereocenters. The molecule has 0 bridgehead atoms. The maximum Gasteiger partial charge on any atom is 0.242 e. The Morgan fingerprint density at radius 3 is 2.22 bits per heavy atom. The minimum absolute atomic E-state index is 0.134. The van der Waals surface area contributed by atoms with Crippen LogP contribution in [0.3, 0.4) is 0 Å². The van der Waals surface area contributed by atoms with E-state index in [1.165, 1.54) is 10.6 Å². The Hall–Kier alpha value is -2.87. The molecule has 36 heavy (non-hydrogen) atoms. The highest BCUT2D eigenvalue weighted by molar-refractivity contribution is 7.92. The van der Waals surface area contributed by atoms with Crippen LogP contribution in [0.5, 0.6) is 0 Å². The Balaban J connectivity index is 2.18. The number of carbonyl (C=O) groups is 2. The van der Waals surface area contributed by atoms with Gasteiger partial charge in [-0.25, -0.2) is 8.42 Å². The third-order valence-corrected chi connectivity index (χ3v) is 7.44. The SMILES string of the molecule is CCCCNC(=O)[C@@H](C)N(Cc1ccccc1C)C(=O)CCCN(c1cc(C)cc(C)c1)S(C)(=O)=O. The lowest BCUT2D eigenvalue weighted by Crippen LogP contribution is -2.48. The first-order valence-corrected chi connectivity index (χ1v) is 14.5. The maximum atomic E-state index is 13.4. The summed E-state index contributed by atoms with van der Waals surface area (Å²) in [5.74, 6) is -0.358. The van der Waals surface area contributed by atoms with E-state index in [-0.39, 0.29) is 24.8 Å². The number of sulfonamides is 1. The van der Waals surface area contributed by atoms with Gasteiger partial charge in [0.1, 0.15) is 6.04 Å². The Morgan fingerprint density at radius 2 is 1.64 bits per heavy atom. The average molecular weight is 516 g/mol. The highest BCUT2D eigenvalue weighted by Crippen LogP contribution is 2.22. The van der Waals surface area contributed by atoms with Gasteiger partial charge in [-0.2, -0.15) is 0 Å². The molecule has 0 saturated heterocycles. The normalized spacial score (nSPS) is 12.2. The predicted octanol–water partition coefficient (Wildman–Crippen LogP) is 4.49. The van der Waals surface area contributed by atoms with Crippen molar-refractivity contribution in [3.63, 3.8) is 0 Å². The molecular weight excluding hydrogens is 474 g/mol. The van der Waals surface area contributed by atoms with Crippen molar-refractivity contribution in [1.82, 2.24) is 10.2 Å². The molecule has 2 amide bonds. The Labute approximate surface area is 216 Å². The minimum atomic E-state index is -3.52. The van der Waals surface area contributed by atoms with Crippen LogP contribution < -0.4 is 9.62 Å². The summed E-state index contributed by atoms with van der Waals surface area (Å²) >= 11 is 0. The quantitative estimate of drug-likeness (QED) is 0.398. The molecule has 2 aromatic rings. The maximum absolute atomic E-state index is 13.4. The van der Waals surface area contributed by atoms with Crippen LogP contribution in [0.25, 0.3) is 0 Å². The van der Waals surface area contributed by atoms with Crippen LogP contribution in [0.1, 0.15) is 61.8 Å². The zero-order valence-corrected chi connectivity index (χ0v) is 23.3. The van der Waals surface area contributed by atoms with Crippen molar-refractivity contribution in [2.45, 2.75) is 72.9 Å². The zero-order chi connectivity index (χ0) is 26.9. The fourth-order valence-corrected chi connectivity index (χ4v) is 5.14. The monoisotopic (exact) mass is 515 g/mol. The number of unbranched alkanes of at least 4 members (excludes halogenated alkanes) is 1. The molecule has 0 aliphatic heterocycles. The number of hydrogen-bond donors (Lipinski definition) is 1. The Kier molecular flexibility index (Phi) is 11.0. The number of benzene rings is 2. The van der Waals surface area contributed by atoms with Crippen molar-refractivity contribution in [2.24, 2.45) is 0 Å². The van der Waals surface area contributed by atoms with Gasteiger partial charge in [0.05, 0.1) is 11.9 Å². The van der Waals surface area contributed by atoms with Gasteiger partial charge in [-0.3, -0.25) is 13.9 Å². The first kappa shape index (κ1) is 29.4. The third kappa shape index (κ3) is 8.66. The number of amides is 2. The van der Waals surface area contributed by atoms with E-state index in [2.05, 4.69) is 12.2 Å². The van der Waals surface area contributed by atoms with Crippen LogP contribution in [-0.2, 0) is 26.2 Å². The molecule has 0 heterocycles. The van der Waals surface area contributed by atoms with E-state index in [1.54, 1.807) is 11.8 Å². The fraction of sp³-hybridized carbons (Fsp3) is 0.500. The third-order valence-electron chi connectivity index (χ3n) is 6.25. The van der Waals surface area contributed by atoms with Gasteiger partial charge in [0.2, 0.25) is 21.8 Å². The van der Waals surface area contributed by atoms with Gasteiger partial charge in [-0.1, -0.05) is 43.7 Å². The first-order chi connectivity index (χ1) is 16.9. The van der Waals surface area contributed by atoms with E-state index in [9.17, 15) is 18.0 Å². The molecule has 0 aliphatic rings. The number of rotatable bonds is 13. The molecule has 0 aliphatic carbocycles. The van der Waals surface area contributed by atoms with E-state index < -0.39 is 16.1 Å². The molecule has 0 unspecified atom stereocenters. The number of anilines is 1. The average Bonchev–Trinajstić information content (AvgIpc) is 2.79. The predicted molar refractivity (Wildman–Crippen MR) is 146 cm³/mol. The lowest BCUT2D eigenvalue weighted by molar-refractivity contribution is -0.140. The van der Waals surface area contributed by atoms with Gasteiger partial charge in [-0.05, 0) is 74.9 Å². The standard InChI is InChI=1S/C28H41N3O4S/c1-7-8-15-29-28(33)24(5)30(20-25-13-10-9-12-23(25)4)27(32)14-11-16-31(36(6,34)35)26-18-21(2)17-22(3)19-26/h9-10,12-13,17-19,24H,7-8,11,14-16,20H2,1-6H3,(H,29,33)/t24-/m1/s1. The van der Waals surface area contributed by atoms with Gasteiger partial charge >= 0.3 is 0 Å². The van der Waals surface area contributed by atoms with Gasteiger partial charge in [0, 0.05) is 26.1 Å². The van der Waals surface area contributed by atoms with Crippen LogP contribution in [0.15, 0.2) is 42.5 Å². The lowest BCUT2D eigenvalue weighted by atomic mass is 10.1. The van der Waals surface area contributed by atoms with Crippen LogP contribution in [0.4, 0.5) is 5.69 Å².